The summed E-state index contributed by atoms with van der Waals surface area (Å²) in [6.07, 6.45) is 3.92. The number of benzene rings is 2. The molecule has 0 saturated carbocycles. The van der Waals surface area contributed by atoms with Gasteiger partial charge in [-0.05, 0) is 42.5 Å². The molecule has 0 bridgehead atoms. The van der Waals surface area contributed by atoms with Crippen LogP contribution in [0.3, 0.4) is 0 Å². The molecular formula is C25H17ClN4O2. The molecule has 4 heterocycles. The van der Waals surface area contributed by atoms with Crippen LogP contribution in [-0.2, 0) is 0 Å². The summed E-state index contributed by atoms with van der Waals surface area (Å²) in [6.45, 7) is 0. The molecule has 0 unspecified atom stereocenters. The van der Waals surface area contributed by atoms with Crippen LogP contribution in [0.25, 0.3) is 22.2 Å². The highest BCUT2D eigenvalue weighted by atomic mass is 35.5. The lowest BCUT2D eigenvalue weighted by atomic mass is 10.1. The Balaban J connectivity index is 1.55. The summed E-state index contributed by atoms with van der Waals surface area (Å²) < 4.78 is 11.3. The first-order valence-corrected chi connectivity index (χ1v) is 10.6. The summed E-state index contributed by atoms with van der Waals surface area (Å²) in [5, 5.41) is 8.18. The predicted molar refractivity (Wildman–Crippen MR) is 124 cm³/mol. The second kappa shape index (κ2) is 7.66. The number of anilines is 1. The largest absolute Gasteiger partial charge is 0.467 e. The minimum atomic E-state index is -0.182. The van der Waals surface area contributed by atoms with Crippen molar-refractivity contribution in [2.45, 2.75) is 12.5 Å². The van der Waals surface area contributed by atoms with Gasteiger partial charge in [0.15, 0.2) is 0 Å². The third-order valence-electron chi connectivity index (χ3n) is 5.49. The number of hydrazone groups is 1. The fourth-order valence-corrected chi connectivity index (χ4v) is 4.17. The molecule has 156 valence electrons. The van der Waals surface area contributed by atoms with E-state index in [1.54, 1.807) is 12.5 Å². The van der Waals surface area contributed by atoms with Crippen LogP contribution in [0.2, 0.25) is 5.02 Å². The van der Waals surface area contributed by atoms with E-state index in [1.165, 1.54) is 0 Å². The van der Waals surface area contributed by atoms with Crippen LogP contribution in [0.1, 0.15) is 24.0 Å². The molecule has 0 spiro atoms. The van der Waals surface area contributed by atoms with Crippen molar-refractivity contribution in [3.05, 3.63) is 102 Å². The number of hydrogen-bond acceptors (Lipinski definition) is 6. The van der Waals surface area contributed by atoms with E-state index < -0.39 is 0 Å². The normalized spacial score (nSPS) is 16.0. The van der Waals surface area contributed by atoms with E-state index in [0.29, 0.717) is 17.4 Å². The highest BCUT2D eigenvalue weighted by Crippen LogP contribution is 2.38. The summed E-state index contributed by atoms with van der Waals surface area (Å²) >= 11 is 6.30. The molecule has 7 heteroatoms. The van der Waals surface area contributed by atoms with E-state index in [1.807, 2.05) is 77.8 Å². The van der Waals surface area contributed by atoms with E-state index in [9.17, 15) is 0 Å². The van der Waals surface area contributed by atoms with Gasteiger partial charge >= 0.3 is 0 Å². The van der Waals surface area contributed by atoms with Gasteiger partial charge in [0.2, 0.25) is 5.95 Å². The number of halogens is 1. The zero-order valence-electron chi connectivity index (χ0n) is 16.9. The standard InChI is InChI=1S/C25H17ClN4O2/c26-17-10-11-19-18(14-17)24(16-6-2-1-3-7-16)28-25(27-19)30-21(23-9-5-13-32-23)15-20(29-30)22-8-4-12-31-22/h1-14,21H,15H2/t21-/m0/s1. The molecule has 1 aliphatic heterocycles. The lowest BCUT2D eigenvalue weighted by Gasteiger charge is -2.21. The Morgan fingerprint density at radius 1 is 0.875 bits per heavy atom. The Morgan fingerprint density at radius 2 is 1.72 bits per heavy atom. The second-order valence-corrected chi connectivity index (χ2v) is 7.94. The predicted octanol–water partition coefficient (Wildman–Crippen LogP) is 6.49. The first-order chi connectivity index (χ1) is 15.8. The van der Waals surface area contributed by atoms with Gasteiger partial charge in [-0.2, -0.15) is 5.10 Å². The van der Waals surface area contributed by atoms with Crippen molar-refractivity contribution in [2.24, 2.45) is 5.10 Å². The Labute approximate surface area is 188 Å². The maximum Gasteiger partial charge on any atom is 0.248 e. The monoisotopic (exact) mass is 440 g/mol. The fourth-order valence-electron chi connectivity index (χ4n) is 4.00. The lowest BCUT2D eigenvalue weighted by molar-refractivity contribution is 0.462. The Bertz CT molecular complexity index is 1410. The number of nitrogens with zero attached hydrogens (tertiary/aromatic N) is 4. The molecule has 2 aromatic carbocycles. The van der Waals surface area contributed by atoms with Gasteiger partial charge in [0, 0.05) is 22.4 Å². The van der Waals surface area contributed by atoms with Gasteiger partial charge in [0.25, 0.3) is 0 Å². The average molecular weight is 441 g/mol. The molecule has 6 rings (SSSR count). The molecule has 0 amide bonds. The van der Waals surface area contributed by atoms with E-state index in [-0.39, 0.29) is 6.04 Å². The zero-order valence-corrected chi connectivity index (χ0v) is 17.6. The maximum atomic E-state index is 6.30. The smallest absolute Gasteiger partial charge is 0.248 e. The van der Waals surface area contributed by atoms with Gasteiger partial charge < -0.3 is 8.83 Å². The minimum Gasteiger partial charge on any atom is -0.467 e. The lowest BCUT2D eigenvalue weighted by Crippen LogP contribution is -2.20. The molecule has 6 nitrogen and oxygen atoms in total. The van der Waals surface area contributed by atoms with Crippen molar-refractivity contribution in [3.63, 3.8) is 0 Å². The third-order valence-corrected chi connectivity index (χ3v) is 5.72. The highest BCUT2D eigenvalue weighted by Gasteiger charge is 2.35. The SMILES string of the molecule is Clc1ccc2nc(N3N=C(c4ccco4)C[C@H]3c3ccco3)nc(-c3ccccc3)c2c1. The van der Waals surface area contributed by atoms with Crippen LogP contribution < -0.4 is 5.01 Å². The maximum absolute atomic E-state index is 6.30. The van der Waals surface area contributed by atoms with Gasteiger partial charge in [-0.25, -0.2) is 15.0 Å². The summed E-state index contributed by atoms with van der Waals surface area (Å²) in [5.41, 5.74) is 3.39. The van der Waals surface area contributed by atoms with Gasteiger partial charge in [-0.15, -0.1) is 0 Å². The van der Waals surface area contributed by atoms with Gasteiger partial charge in [-0.1, -0.05) is 41.9 Å². The van der Waals surface area contributed by atoms with Crippen LogP contribution in [0.5, 0.6) is 0 Å². The summed E-state index contributed by atoms with van der Waals surface area (Å²) in [7, 11) is 0. The molecule has 1 aliphatic rings. The van der Waals surface area contributed by atoms with E-state index in [0.717, 1.165) is 39.4 Å². The molecule has 0 N–H and O–H groups in total. The van der Waals surface area contributed by atoms with E-state index >= 15 is 0 Å². The summed E-state index contributed by atoms with van der Waals surface area (Å²) in [4.78, 5) is 9.78. The van der Waals surface area contributed by atoms with Crippen LogP contribution in [0.4, 0.5) is 5.95 Å². The highest BCUT2D eigenvalue weighted by molar-refractivity contribution is 6.31. The molecule has 0 saturated heterocycles. The van der Waals surface area contributed by atoms with Gasteiger partial charge in [-0.3, -0.25) is 0 Å². The van der Waals surface area contributed by atoms with Crippen LogP contribution in [-0.4, -0.2) is 15.7 Å². The van der Waals surface area contributed by atoms with Crippen LogP contribution in [0, 0.1) is 0 Å². The first kappa shape index (κ1) is 18.8. The Kier molecular flexibility index (Phi) is 4.51. The molecule has 0 fully saturated rings. The van der Waals surface area contributed by atoms with Gasteiger partial charge in [0.05, 0.1) is 23.7 Å². The zero-order chi connectivity index (χ0) is 21.5. The molecule has 0 aliphatic carbocycles. The van der Waals surface area contributed by atoms with Crippen molar-refractivity contribution in [3.8, 4) is 11.3 Å². The Hall–Kier alpha value is -3.90. The van der Waals surface area contributed by atoms with Crippen molar-refractivity contribution < 1.29 is 8.83 Å². The molecule has 32 heavy (non-hydrogen) atoms. The number of aromatic nitrogens is 2. The number of hydrogen-bond donors (Lipinski definition) is 0. The van der Waals surface area contributed by atoms with E-state index in [4.69, 9.17) is 35.5 Å². The first-order valence-electron chi connectivity index (χ1n) is 10.2. The summed E-state index contributed by atoms with van der Waals surface area (Å²) in [5.74, 6) is 2.00. The fraction of sp³-hybridized carbons (Fsp3) is 0.0800. The molecule has 0 radical (unpaired) electrons. The topological polar surface area (TPSA) is 67.7 Å². The quantitative estimate of drug-likeness (QED) is 0.319. The van der Waals surface area contributed by atoms with Crippen molar-refractivity contribution in [1.29, 1.82) is 0 Å². The third kappa shape index (κ3) is 3.25. The molecule has 1 atom stereocenters. The van der Waals surface area contributed by atoms with Gasteiger partial charge in [0.1, 0.15) is 23.3 Å². The van der Waals surface area contributed by atoms with Crippen molar-refractivity contribution in [2.75, 3.05) is 5.01 Å². The number of fused-ring (bicyclic) bond motifs is 1. The minimum absolute atomic E-state index is 0.182. The number of furan rings is 2. The Morgan fingerprint density at radius 3 is 2.50 bits per heavy atom. The second-order valence-electron chi connectivity index (χ2n) is 7.50. The average Bonchev–Trinajstić information content (AvgIpc) is 3.60. The molecule has 3 aromatic heterocycles. The van der Waals surface area contributed by atoms with Crippen LogP contribution >= 0.6 is 11.6 Å². The van der Waals surface area contributed by atoms with Crippen molar-refractivity contribution >= 4 is 34.2 Å². The van der Waals surface area contributed by atoms with Crippen LogP contribution in [0.15, 0.2) is 99.3 Å². The van der Waals surface area contributed by atoms with E-state index in [2.05, 4.69) is 0 Å². The molecular weight excluding hydrogens is 424 g/mol. The molecule has 5 aromatic rings. The number of rotatable bonds is 4. The van der Waals surface area contributed by atoms with Crippen molar-refractivity contribution in [1.82, 2.24) is 9.97 Å². The summed E-state index contributed by atoms with van der Waals surface area (Å²) in [6, 6.07) is 23.0.